The Hall–Kier alpha value is -1.46. The molecular formula is C8H8F3NO2. The molecule has 1 aromatic heterocycles. The van der Waals surface area contributed by atoms with Gasteiger partial charge >= 0.3 is 6.18 Å². The van der Waals surface area contributed by atoms with Crippen LogP contribution in [0.25, 0.3) is 0 Å². The maximum absolute atomic E-state index is 12.3. The van der Waals surface area contributed by atoms with Crippen LogP contribution in [0.5, 0.6) is 5.75 Å². The van der Waals surface area contributed by atoms with Crippen molar-refractivity contribution in [2.45, 2.75) is 13.1 Å². The van der Waals surface area contributed by atoms with Gasteiger partial charge in [0.25, 0.3) is 0 Å². The Morgan fingerprint density at radius 2 is 2.14 bits per heavy atom. The van der Waals surface area contributed by atoms with Gasteiger partial charge in [-0.3, -0.25) is 9.36 Å². The highest BCUT2D eigenvalue weighted by Gasteiger charge is 2.35. The molecule has 0 saturated carbocycles. The van der Waals surface area contributed by atoms with Gasteiger partial charge in [0.1, 0.15) is 11.3 Å². The number of hydrogen-bond donors (Lipinski definition) is 0. The van der Waals surface area contributed by atoms with Crippen molar-refractivity contribution in [3.8, 4) is 5.75 Å². The van der Waals surface area contributed by atoms with Gasteiger partial charge in [0, 0.05) is 6.20 Å². The number of alkyl halides is 3. The van der Waals surface area contributed by atoms with Crippen molar-refractivity contribution >= 4 is 6.41 Å². The van der Waals surface area contributed by atoms with E-state index in [-0.39, 0.29) is 18.8 Å². The highest BCUT2D eigenvalue weighted by atomic mass is 19.4. The maximum atomic E-state index is 12.3. The van der Waals surface area contributed by atoms with Crippen LogP contribution in [0, 0.1) is 0 Å². The number of hydrogen-bond acceptors (Lipinski definition) is 2. The van der Waals surface area contributed by atoms with Gasteiger partial charge in [0.15, 0.2) is 0 Å². The fourth-order valence-electron chi connectivity index (χ4n) is 0.999. The zero-order valence-corrected chi connectivity index (χ0v) is 7.34. The predicted octanol–water partition coefficient (Wildman–Crippen LogP) is 1.94. The van der Waals surface area contributed by atoms with Crippen LogP contribution >= 0.6 is 0 Å². The van der Waals surface area contributed by atoms with Crippen LogP contribution < -0.4 is 4.74 Å². The van der Waals surface area contributed by atoms with Crippen molar-refractivity contribution in [2.75, 3.05) is 6.61 Å². The first-order valence-corrected chi connectivity index (χ1v) is 3.85. The molecule has 0 aliphatic heterocycles. The van der Waals surface area contributed by atoms with E-state index < -0.39 is 11.7 Å². The molecule has 0 aromatic carbocycles. The Bertz CT molecular complexity index is 330. The average Bonchev–Trinajstić information content (AvgIpc) is 2.48. The summed E-state index contributed by atoms with van der Waals surface area (Å²) in [5.41, 5.74) is -0.938. The summed E-state index contributed by atoms with van der Waals surface area (Å²) in [5.74, 6) is -0.327. The van der Waals surface area contributed by atoms with Crippen LogP contribution in [0.15, 0.2) is 12.4 Å². The van der Waals surface area contributed by atoms with E-state index in [1.54, 1.807) is 6.92 Å². The summed E-state index contributed by atoms with van der Waals surface area (Å²) in [4.78, 5) is 10.2. The molecule has 0 bridgehead atoms. The van der Waals surface area contributed by atoms with Crippen LogP contribution in [-0.2, 0) is 11.0 Å². The molecule has 0 unspecified atom stereocenters. The Morgan fingerprint density at radius 3 is 2.57 bits per heavy atom. The molecule has 0 aliphatic carbocycles. The van der Waals surface area contributed by atoms with Gasteiger partial charge in [-0.05, 0) is 6.92 Å². The number of aromatic nitrogens is 1. The third-order valence-electron chi connectivity index (χ3n) is 1.54. The normalized spacial score (nSPS) is 11.4. The average molecular weight is 207 g/mol. The molecule has 0 aliphatic rings. The van der Waals surface area contributed by atoms with E-state index in [0.29, 0.717) is 6.20 Å². The molecule has 1 heterocycles. The second-order valence-corrected chi connectivity index (χ2v) is 2.52. The van der Waals surface area contributed by atoms with Crippen molar-refractivity contribution in [1.82, 2.24) is 4.57 Å². The number of halogens is 3. The summed E-state index contributed by atoms with van der Waals surface area (Å²) in [7, 11) is 0. The first-order chi connectivity index (χ1) is 6.49. The van der Waals surface area contributed by atoms with E-state index >= 15 is 0 Å². The lowest BCUT2D eigenvalue weighted by Gasteiger charge is -2.07. The summed E-state index contributed by atoms with van der Waals surface area (Å²) >= 11 is 0. The zero-order valence-electron chi connectivity index (χ0n) is 7.34. The van der Waals surface area contributed by atoms with Crippen LogP contribution in [0.1, 0.15) is 12.5 Å². The Labute approximate surface area is 78.1 Å². The van der Waals surface area contributed by atoms with Gasteiger partial charge in [0.2, 0.25) is 6.41 Å². The molecule has 0 fully saturated rings. The summed E-state index contributed by atoms with van der Waals surface area (Å²) < 4.78 is 42.5. The van der Waals surface area contributed by atoms with Gasteiger partial charge < -0.3 is 4.74 Å². The molecule has 0 spiro atoms. The van der Waals surface area contributed by atoms with E-state index in [4.69, 9.17) is 4.74 Å². The first-order valence-electron chi connectivity index (χ1n) is 3.85. The molecule has 1 rings (SSSR count). The lowest BCUT2D eigenvalue weighted by Crippen LogP contribution is -2.06. The number of rotatable bonds is 3. The van der Waals surface area contributed by atoms with E-state index in [9.17, 15) is 18.0 Å². The van der Waals surface area contributed by atoms with Crippen molar-refractivity contribution in [2.24, 2.45) is 0 Å². The third-order valence-corrected chi connectivity index (χ3v) is 1.54. The molecule has 0 atom stereocenters. The first kappa shape index (κ1) is 10.6. The van der Waals surface area contributed by atoms with Crippen LogP contribution in [0.3, 0.4) is 0 Å². The molecule has 0 N–H and O–H groups in total. The monoisotopic (exact) mass is 207 g/mol. The van der Waals surface area contributed by atoms with Crippen LogP contribution in [-0.4, -0.2) is 17.6 Å². The highest BCUT2D eigenvalue weighted by molar-refractivity contribution is 5.55. The number of carbonyl (C=O) groups is 1. The highest BCUT2D eigenvalue weighted by Crippen LogP contribution is 2.36. The lowest BCUT2D eigenvalue weighted by molar-refractivity contribution is -0.138. The second kappa shape index (κ2) is 3.73. The minimum Gasteiger partial charge on any atom is -0.492 e. The quantitative estimate of drug-likeness (QED) is 0.709. The largest absolute Gasteiger partial charge is 0.492 e. The van der Waals surface area contributed by atoms with Crippen LogP contribution in [0.2, 0.25) is 0 Å². The molecule has 0 radical (unpaired) electrons. The SMILES string of the molecule is CCOc1cn(C=O)cc1C(F)(F)F. The van der Waals surface area contributed by atoms with E-state index in [2.05, 4.69) is 0 Å². The minimum absolute atomic E-state index is 0.117. The van der Waals surface area contributed by atoms with Gasteiger partial charge in [-0.15, -0.1) is 0 Å². The third kappa shape index (κ3) is 2.07. The molecule has 1 aromatic rings. The summed E-state index contributed by atoms with van der Waals surface area (Å²) in [5, 5.41) is 0. The van der Waals surface area contributed by atoms with Crippen molar-refractivity contribution in [1.29, 1.82) is 0 Å². The van der Waals surface area contributed by atoms with Gasteiger partial charge in [-0.2, -0.15) is 13.2 Å². The number of carbonyl (C=O) groups excluding carboxylic acids is 1. The van der Waals surface area contributed by atoms with Crippen LogP contribution in [0.4, 0.5) is 13.2 Å². The molecule has 3 nitrogen and oxygen atoms in total. The standard InChI is InChI=1S/C8H8F3NO2/c1-2-14-7-4-12(5-13)3-6(7)8(9,10)11/h3-5H,2H2,1H3. The molecule has 0 amide bonds. The van der Waals surface area contributed by atoms with Crippen molar-refractivity contribution in [3.05, 3.63) is 18.0 Å². The van der Waals surface area contributed by atoms with Gasteiger partial charge in [-0.25, -0.2) is 0 Å². The molecule has 14 heavy (non-hydrogen) atoms. The molecular weight excluding hydrogens is 199 g/mol. The zero-order chi connectivity index (χ0) is 10.8. The molecule has 0 saturated heterocycles. The Balaban J connectivity index is 3.12. The number of ether oxygens (including phenoxy) is 1. The van der Waals surface area contributed by atoms with E-state index in [1.165, 1.54) is 0 Å². The van der Waals surface area contributed by atoms with Crippen molar-refractivity contribution < 1.29 is 22.7 Å². The van der Waals surface area contributed by atoms with E-state index in [1.807, 2.05) is 0 Å². The van der Waals surface area contributed by atoms with E-state index in [0.717, 1.165) is 10.8 Å². The fraction of sp³-hybridized carbons (Fsp3) is 0.375. The Kier molecular flexibility index (Phi) is 2.83. The number of nitrogens with zero attached hydrogens (tertiary/aromatic N) is 1. The van der Waals surface area contributed by atoms with Gasteiger partial charge in [0.05, 0.1) is 12.8 Å². The van der Waals surface area contributed by atoms with Crippen molar-refractivity contribution in [3.63, 3.8) is 0 Å². The van der Waals surface area contributed by atoms with Gasteiger partial charge in [-0.1, -0.05) is 0 Å². The smallest absolute Gasteiger partial charge is 0.421 e. The maximum Gasteiger partial charge on any atom is 0.421 e. The lowest BCUT2D eigenvalue weighted by atomic mass is 10.3. The predicted molar refractivity (Wildman–Crippen MR) is 42.8 cm³/mol. The summed E-state index contributed by atoms with van der Waals surface area (Å²) in [6.07, 6.45) is -2.53. The summed E-state index contributed by atoms with van der Waals surface area (Å²) in [6, 6.07) is 0. The second-order valence-electron chi connectivity index (χ2n) is 2.52. The topological polar surface area (TPSA) is 31.2 Å². The molecule has 6 heteroatoms. The molecule has 78 valence electrons. The summed E-state index contributed by atoms with van der Waals surface area (Å²) in [6.45, 7) is 1.68. The Morgan fingerprint density at radius 1 is 1.50 bits per heavy atom. The minimum atomic E-state index is -4.50. The fourth-order valence-corrected chi connectivity index (χ4v) is 0.999.